The van der Waals surface area contributed by atoms with Crippen LogP contribution in [-0.4, -0.2) is 32.8 Å². The highest BCUT2D eigenvalue weighted by molar-refractivity contribution is 5.95. The van der Waals surface area contributed by atoms with E-state index < -0.39 is 0 Å². The zero-order valence-electron chi connectivity index (χ0n) is 16.8. The van der Waals surface area contributed by atoms with Crippen molar-refractivity contribution in [1.29, 1.82) is 0 Å². The van der Waals surface area contributed by atoms with Gasteiger partial charge >= 0.3 is 0 Å². The number of hydrogen-bond donors (Lipinski definition) is 1. The molecule has 2 aromatic rings. The minimum atomic E-state index is -0.169. The van der Waals surface area contributed by atoms with Crippen LogP contribution in [0.3, 0.4) is 0 Å². The van der Waals surface area contributed by atoms with Crippen molar-refractivity contribution >= 4 is 5.91 Å². The molecule has 1 aliphatic rings. The molecule has 1 atom stereocenters. The molecule has 0 saturated carbocycles. The highest BCUT2D eigenvalue weighted by atomic mass is 16.6. The monoisotopic (exact) mass is 385 g/mol. The molecule has 0 bridgehead atoms. The molecule has 1 heterocycles. The lowest BCUT2D eigenvalue weighted by Gasteiger charge is -2.25. The number of carbonyl (C=O) groups excluding carboxylic acids is 1. The van der Waals surface area contributed by atoms with Crippen molar-refractivity contribution in [2.45, 2.75) is 26.8 Å². The van der Waals surface area contributed by atoms with Crippen LogP contribution in [0.1, 0.15) is 42.7 Å². The van der Waals surface area contributed by atoms with Gasteiger partial charge in [-0.25, -0.2) is 0 Å². The number of fused-ring (bicyclic) bond motifs is 1. The van der Waals surface area contributed by atoms with E-state index in [-0.39, 0.29) is 17.9 Å². The summed E-state index contributed by atoms with van der Waals surface area (Å²) in [6, 6.07) is 10.8. The van der Waals surface area contributed by atoms with Gasteiger partial charge in [-0.15, -0.1) is 0 Å². The van der Waals surface area contributed by atoms with E-state index in [9.17, 15) is 4.79 Å². The quantitative estimate of drug-likeness (QED) is 0.781. The van der Waals surface area contributed by atoms with Crippen LogP contribution in [0.2, 0.25) is 0 Å². The Hall–Kier alpha value is -2.89. The summed E-state index contributed by atoms with van der Waals surface area (Å²) in [5, 5.41) is 3.13. The zero-order valence-corrected chi connectivity index (χ0v) is 16.8. The van der Waals surface area contributed by atoms with Crippen LogP contribution in [0.4, 0.5) is 0 Å². The highest BCUT2D eigenvalue weighted by Crippen LogP contribution is 2.35. The topological polar surface area (TPSA) is 66.0 Å². The lowest BCUT2D eigenvalue weighted by Crippen LogP contribution is -2.32. The van der Waals surface area contributed by atoms with Gasteiger partial charge in [-0.3, -0.25) is 4.79 Å². The Morgan fingerprint density at radius 1 is 1.07 bits per heavy atom. The third kappa shape index (κ3) is 4.32. The molecule has 0 radical (unpaired) electrons. The second-order valence-electron chi connectivity index (χ2n) is 6.90. The number of nitrogens with one attached hydrogen (secondary N) is 1. The Morgan fingerprint density at radius 3 is 2.50 bits per heavy atom. The molecule has 0 aliphatic carbocycles. The lowest BCUT2D eigenvalue weighted by molar-refractivity contribution is 0.0924. The molecule has 3 rings (SSSR count). The Labute approximate surface area is 165 Å². The summed E-state index contributed by atoms with van der Waals surface area (Å²) in [5.41, 5.74) is 1.50. The van der Waals surface area contributed by atoms with E-state index in [0.29, 0.717) is 42.6 Å². The molecule has 6 heteroatoms. The first-order valence-corrected chi connectivity index (χ1v) is 9.54. The molecular formula is C22H27NO5. The molecule has 0 saturated heterocycles. The van der Waals surface area contributed by atoms with Crippen LogP contribution < -0.4 is 24.3 Å². The fraction of sp³-hybridized carbons (Fsp3) is 0.409. The molecule has 0 fully saturated rings. The molecular weight excluding hydrogens is 358 g/mol. The summed E-state index contributed by atoms with van der Waals surface area (Å²) < 4.78 is 22.1. The van der Waals surface area contributed by atoms with E-state index in [4.69, 9.17) is 18.9 Å². The van der Waals surface area contributed by atoms with Crippen molar-refractivity contribution in [3.05, 3.63) is 47.5 Å². The third-order valence-corrected chi connectivity index (χ3v) is 4.60. The first-order chi connectivity index (χ1) is 13.5. The number of rotatable bonds is 7. The maximum absolute atomic E-state index is 12.9. The van der Waals surface area contributed by atoms with Crippen LogP contribution in [-0.2, 0) is 0 Å². The number of carbonyl (C=O) groups is 1. The van der Waals surface area contributed by atoms with Gasteiger partial charge in [0.05, 0.1) is 19.8 Å². The number of ether oxygens (including phenoxy) is 4. The Bertz CT molecular complexity index is 834. The van der Waals surface area contributed by atoms with Crippen LogP contribution in [0.25, 0.3) is 0 Å². The number of benzene rings is 2. The molecule has 1 N–H and O–H groups in total. The van der Waals surface area contributed by atoms with Gasteiger partial charge in [0, 0.05) is 5.56 Å². The van der Waals surface area contributed by atoms with Crippen LogP contribution in [0.5, 0.6) is 23.0 Å². The first kappa shape index (κ1) is 19.9. The van der Waals surface area contributed by atoms with Gasteiger partial charge in [0.15, 0.2) is 23.0 Å². The fourth-order valence-corrected chi connectivity index (χ4v) is 3.20. The normalized spacial score (nSPS) is 13.8. The maximum atomic E-state index is 12.9. The third-order valence-electron chi connectivity index (χ3n) is 4.60. The number of hydrogen-bond acceptors (Lipinski definition) is 5. The van der Waals surface area contributed by atoms with Crippen molar-refractivity contribution in [2.24, 2.45) is 5.92 Å². The van der Waals surface area contributed by atoms with Crippen molar-refractivity contribution in [1.82, 2.24) is 5.32 Å². The van der Waals surface area contributed by atoms with Crippen molar-refractivity contribution in [3.8, 4) is 23.0 Å². The molecule has 28 heavy (non-hydrogen) atoms. The van der Waals surface area contributed by atoms with E-state index in [0.717, 1.165) is 11.3 Å². The highest BCUT2D eigenvalue weighted by Gasteiger charge is 2.22. The van der Waals surface area contributed by atoms with E-state index in [1.165, 1.54) is 0 Å². The van der Waals surface area contributed by atoms with E-state index >= 15 is 0 Å². The van der Waals surface area contributed by atoms with Gasteiger partial charge in [0.2, 0.25) is 0 Å². The predicted molar refractivity (Wildman–Crippen MR) is 107 cm³/mol. The van der Waals surface area contributed by atoms with Gasteiger partial charge < -0.3 is 24.3 Å². The van der Waals surface area contributed by atoms with E-state index in [1.807, 2.05) is 25.1 Å². The molecule has 6 nitrogen and oxygen atoms in total. The summed E-state index contributed by atoms with van der Waals surface area (Å²) in [6.45, 7) is 7.61. The standard InChI is InChI=1S/C22H27NO5/c1-5-26-19-13-16(7-8-17(19)25-4)22(24)23-21(14(2)3)15-6-9-18-20(12-15)28-11-10-27-18/h6-9,12-14,21H,5,10-11H2,1-4H3,(H,23,24). The van der Waals surface area contributed by atoms with Gasteiger partial charge in [-0.1, -0.05) is 19.9 Å². The second-order valence-corrected chi connectivity index (χ2v) is 6.90. The molecule has 2 aromatic carbocycles. The average Bonchev–Trinajstić information content (AvgIpc) is 2.71. The number of methoxy groups -OCH3 is 1. The first-order valence-electron chi connectivity index (χ1n) is 9.54. The molecule has 1 aliphatic heterocycles. The Kier molecular flexibility index (Phi) is 6.29. The van der Waals surface area contributed by atoms with Crippen molar-refractivity contribution < 1.29 is 23.7 Å². The second kappa shape index (κ2) is 8.87. The van der Waals surface area contributed by atoms with E-state index in [2.05, 4.69) is 19.2 Å². The summed E-state index contributed by atoms with van der Waals surface area (Å²) in [4.78, 5) is 12.9. The minimum absolute atomic E-state index is 0.166. The zero-order chi connectivity index (χ0) is 20.1. The number of amides is 1. The SMILES string of the molecule is CCOc1cc(C(=O)NC(c2ccc3c(c2)OCCO3)C(C)C)ccc1OC. The van der Waals surface area contributed by atoms with Crippen molar-refractivity contribution in [3.63, 3.8) is 0 Å². The van der Waals surface area contributed by atoms with Crippen LogP contribution >= 0.6 is 0 Å². The van der Waals surface area contributed by atoms with Gasteiger partial charge in [-0.05, 0) is 48.7 Å². The maximum Gasteiger partial charge on any atom is 0.251 e. The smallest absolute Gasteiger partial charge is 0.251 e. The molecule has 1 unspecified atom stereocenters. The summed E-state index contributed by atoms with van der Waals surface area (Å²) in [7, 11) is 1.58. The largest absolute Gasteiger partial charge is 0.493 e. The molecule has 0 spiro atoms. The van der Waals surface area contributed by atoms with Crippen molar-refractivity contribution in [2.75, 3.05) is 26.9 Å². The van der Waals surface area contributed by atoms with Crippen LogP contribution in [0.15, 0.2) is 36.4 Å². The van der Waals surface area contributed by atoms with E-state index in [1.54, 1.807) is 25.3 Å². The van der Waals surface area contributed by atoms with Gasteiger partial charge in [0.25, 0.3) is 5.91 Å². The lowest BCUT2D eigenvalue weighted by atomic mass is 9.95. The van der Waals surface area contributed by atoms with Gasteiger partial charge in [-0.2, -0.15) is 0 Å². The minimum Gasteiger partial charge on any atom is -0.493 e. The predicted octanol–water partition coefficient (Wildman–Crippen LogP) is 3.99. The molecule has 0 aromatic heterocycles. The molecule has 150 valence electrons. The molecule has 1 amide bonds. The Balaban J connectivity index is 1.83. The summed E-state index contributed by atoms with van der Waals surface area (Å²) >= 11 is 0. The average molecular weight is 385 g/mol. The fourth-order valence-electron chi connectivity index (χ4n) is 3.20. The summed E-state index contributed by atoms with van der Waals surface area (Å²) in [5.74, 6) is 2.63. The Morgan fingerprint density at radius 2 is 1.82 bits per heavy atom. The van der Waals surface area contributed by atoms with Gasteiger partial charge in [0.1, 0.15) is 13.2 Å². The summed E-state index contributed by atoms with van der Waals surface area (Å²) in [6.07, 6.45) is 0. The van der Waals surface area contributed by atoms with Crippen LogP contribution in [0, 0.1) is 5.92 Å².